The molecule has 0 spiro atoms. The summed E-state index contributed by atoms with van der Waals surface area (Å²) in [5.41, 5.74) is 0. The molecular formula is C8H13NS. The molecule has 1 nitrogen and oxygen atoms in total. The van der Waals surface area contributed by atoms with E-state index in [-0.39, 0.29) is 0 Å². The van der Waals surface area contributed by atoms with Gasteiger partial charge < -0.3 is 4.90 Å². The summed E-state index contributed by atoms with van der Waals surface area (Å²) in [6.45, 7) is 5.05. The van der Waals surface area contributed by atoms with Crippen LogP contribution in [0.1, 0.15) is 0 Å². The quantitative estimate of drug-likeness (QED) is 0.599. The van der Waals surface area contributed by atoms with Crippen molar-refractivity contribution in [3.8, 4) is 0 Å². The molecule has 1 rings (SSSR count). The van der Waals surface area contributed by atoms with Crippen LogP contribution in [0.25, 0.3) is 0 Å². The van der Waals surface area contributed by atoms with Crippen LogP contribution in [0.2, 0.25) is 0 Å². The van der Waals surface area contributed by atoms with Crippen LogP contribution in [0.5, 0.6) is 0 Å². The van der Waals surface area contributed by atoms with Crippen LogP contribution in [0.4, 0.5) is 0 Å². The van der Waals surface area contributed by atoms with Gasteiger partial charge in [-0.15, -0.1) is 11.8 Å². The zero-order chi connectivity index (χ0) is 7.56. The van der Waals surface area contributed by atoms with Crippen LogP contribution in [0.15, 0.2) is 23.0 Å². The highest BCUT2D eigenvalue weighted by Crippen LogP contribution is 2.32. The summed E-state index contributed by atoms with van der Waals surface area (Å²) in [6.07, 6.45) is 2.22. The lowest BCUT2D eigenvalue weighted by molar-refractivity contribution is 0.385. The molecule has 1 unspecified atom stereocenters. The van der Waals surface area contributed by atoms with E-state index in [1.54, 1.807) is 11.8 Å². The van der Waals surface area contributed by atoms with Gasteiger partial charge in [-0.05, 0) is 24.4 Å². The maximum absolute atomic E-state index is 3.96. The Morgan fingerprint density at radius 1 is 1.70 bits per heavy atom. The first-order chi connectivity index (χ1) is 4.70. The molecule has 0 aromatic carbocycles. The zero-order valence-corrected chi connectivity index (χ0v) is 7.32. The summed E-state index contributed by atoms with van der Waals surface area (Å²) >= 11 is 1.75. The summed E-state index contributed by atoms with van der Waals surface area (Å²) in [5, 5.41) is 2.12. The molecule has 0 amide bonds. The molecule has 1 aliphatic heterocycles. The lowest BCUT2D eigenvalue weighted by Gasteiger charge is -2.14. The van der Waals surface area contributed by atoms with Gasteiger partial charge in [0.1, 0.15) is 0 Å². The minimum Gasteiger partial charge on any atom is -0.308 e. The highest BCUT2D eigenvalue weighted by molar-refractivity contribution is 8.06. The molecule has 0 aliphatic carbocycles. The molecule has 56 valence electrons. The number of thioether (sulfide) groups is 1. The second kappa shape index (κ2) is 3.26. The van der Waals surface area contributed by atoms with Gasteiger partial charge >= 0.3 is 0 Å². The predicted octanol–water partition coefficient (Wildman–Crippen LogP) is 1.94. The molecule has 0 saturated carbocycles. The van der Waals surface area contributed by atoms with Crippen molar-refractivity contribution >= 4 is 11.8 Å². The Hall–Kier alpha value is -0.210. The van der Waals surface area contributed by atoms with Gasteiger partial charge in [0.2, 0.25) is 0 Å². The van der Waals surface area contributed by atoms with Crippen molar-refractivity contribution in [2.24, 2.45) is 5.92 Å². The van der Waals surface area contributed by atoms with Gasteiger partial charge in [-0.25, -0.2) is 0 Å². The summed E-state index contributed by atoms with van der Waals surface area (Å²) < 4.78 is 0. The van der Waals surface area contributed by atoms with Crippen LogP contribution in [0, 0.1) is 5.92 Å². The molecule has 1 atom stereocenters. The number of hydrogen-bond donors (Lipinski definition) is 0. The number of rotatable bonds is 2. The second-order valence-electron chi connectivity index (χ2n) is 2.78. The van der Waals surface area contributed by atoms with E-state index in [0.29, 0.717) is 5.92 Å². The van der Waals surface area contributed by atoms with Gasteiger partial charge in [-0.3, -0.25) is 0 Å². The molecule has 0 fully saturated rings. The van der Waals surface area contributed by atoms with Gasteiger partial charge in [0.25, 0.3) is 0 Å². The van der Waals surface area contributed by atoms with Crippen molar-refractivity contribution in [3.63, 3.8) is 0 Å². The van der Waals surface area contributed by atoms with Crippen LogP contribution < -0.4 is 0 Å². The molecule has 1 aliphatic rings. The summed E-state index contributed by atoms with van der Waals surface area (Å²) in [7, 11) is 4.17. The Labute approximate surface area is 66.8 Å². The Morgan fingerprint density at radius 3 is 2.80 bits per heavy atom. The fraction of sp³-hybridized carbons (Fsp3) is 0.500. The van der Waals surface area contributed by atoms with Gasteiger partial charge in [-0.2, -0.15) is 0 Å². The van der Waals surface area contributed by atoms with E-state index in [1.807, 2.05) is 0 Å². The van der Waals surface area contributed by atoms with E-state index in [4.69, 9.17) is 0 Å². The average Bonchev–Trinajstić information content (AvgIpc) is 2.15. The molecule has 2 heteroatoms. The van der Waals surface area contributed by atoms with Gasteiger partial charge in [0.15, 0.2) is 0 Å². The minimum absolute atomic E-state index is 0.569. The summed E-state index contributed by atoms with van der Waals surface area (Å²) in [4.78, 5) is 3.46. The molecular weight excluding hydrogens is 142 g/mol. The first-order valence-corrected chi connectivity index (χ1v) is 4.25. The van der Waals surface area contributed by atoms with E-state index in [9.17, 15) is 0 Å². The van der Waals surface area contributed by atoms with Crippen LogP contribution in [0.3, 0.4) is 0 Å². The van der Waals surface area contributed by atoms with Crippen molar-refractivity contribution in [3.05, 3.63) is 23.0 Å². The van der Waals surface area contributed by atoms with Crippen LogP contribution >= 0.6 is 11.8 Å². The molecule has 0 N–H and O–H groups in total. The topological polar surface area (TPSA) is 3.24 Å². The molecule has 10 heavy (non-hydrogen) atoms. The third-order valence-electron chi connectivity index (χ3n) is 1.51. The van der Waals surface area contributed by atoms with E-state index in [1.165, 1.54) is 4.91 Å². The Morgan fingerprint density at radius 2 is 2.40 bits per heavy atom. The van der Waals surface area contributed by atoms with E-state index in [2.05, 4.69) is 37.1 Å². The third kappa shape index (κ3) is 1.89. The van der Waals surface area contributed by atoms with E-state index >= 15 is 0 Å². The summed E-state index contributed by atoms with van der Waals surface area (Å²) in [5.74, 6) is 0.569. The zero-order valence-electron chi connectivity index (χ0n) is 6.50. The number of hydrogen-bond acceptors (Lipinski definition) is 2. The van der Waals surface area contributed by atoms with Gasteiger partial charge in [0, 0.05) is 12.5 Å². The van der Waals surface area contributed by atoms with Crippen LogP contribution in [-0.2, 0) is 0 Å². The minimum atomic E-state index is 0.569. The SMILES string of the molecule is C=C1SC=CC1CN(C)C. The lowest BCUT2D eigenvalue weighted by Crippen LogP contribution is -2.19. The van der Waals surface area contributed by atoms with Crippen molar-refractivity contribution in [2.45, 2.75) is 0 Å². The van der Waals surface area contributed by atoms with E-state index < -0.39 is 0 Å². The fourth-order valence-electron chi connectivity index (χ4n) is 0.972. The van der Waals surface area contributed by atoms with Crippen molar-refractivity contribution < 1.29 is 0 Å². The van der Waals surface area contributed by atoms with E-state index in [0.717, 1.165) is 6.54 Å². The smallest absolute Gasteiger partial charge is 0.0211 e. The maximum Gasteiger partial charge on any atom is 0.0211 e. The molecule has 0 radical (unpaired) electrons. The summed E-state index contributed by atoms with van der Waals surface area (Å²) in [6, 6.07) is 0. The molecule has 0 aromatic heterocycles. The first-order valence-electron chi connectivity index (χ1n) is 3.37. The van der Waals surface area contributed by atoms with Gasteiger partial charge in [-0.1, -0.05) is 12.7 Å². The highest BCUT2D eigenvalue weighted by atomic mass is 32.2. The van der Waals surface area contributed by atoms with Crippen LogP contribution in [-0.4, -0.2) is 25.5 Å². The second-order valence-corrected chi connectivity index (χ2v) is 3.81. The predicted molar refractivity (Wildman–Crippen MR) is 47.9 cm³/mol. The monoisotopic (exact) mass is 155 g/mol. The maximum atomic E-state index is 3.96. The van der Waals surface area contributed by atoms with Crippen molar-refractivity contribution in [1.82, 2.24) is 4.90 Å². The lowest BCUT2D eigenvalue weighted by atomic mass is 10.1. The number of nitrogens with zero attached hydrogens (tertiary/aromatic N) is 1. The highest BCUT2D eigenvalue weighted by Gasteiger charge is 2.14. The molecule has 0 aromatic rings. The fourth-order valence-corrected chi connectivity index (χ4v) is 1.74. The molecule has 0 bridgehead atoms. The Bertz CT molecular complexity index is 161. The molecule has 0 saturated heterocycles. The Kier molecular flexibility index (Phi) is 2.57. The average molecular weight is 155 g/mol. The van der Waals surface area contributed by atoms with Gasteiger partial charge in [0.05, 0.1) is 0 Å². The molecule has 1 heterocycles. The largest absolute Gasteiger partial charge is 0.308 e. The Balaban J connectivity index is 2.41. The van der Waals surface area contributed by atoms with Crippen molar-refractivity contribution in [1.29, 1.82) is 0 Å². The first kappa shape index (κ1) is 7.89. The third-order valence-corrected chi connectivity index (χ3v) is 2.40. The van der Waals surface area contributed by atoms with Crippen molar-refractivity contribution in [2.75, 3.05) is 20.6 Å². The normalized spacial score (nSPS) is 24.7. The standard InChI is InChI=1S/C8H13NS/c1-7-8(4-5-10-7)6-9(2)3/h4-5,8H,1,6H2,2-3H3.